The maximum Gasteiger partial charge on any atom is 0.419 e. The van der Waals surface area contributed by atoms with Crippen LogP contribution < -0.4 is 5.32 Å². The van der Waals surface area contributed by atoms with Gasteiger partial charge in [0.25, 0.3) is 0 Å². The Kier molecular flexibility index (Phi) is 6.88. The predicted octanol–water partition coefficient (Wildman–Crippen LogP) is 6.16. The van der Waals surface area contributed by atoms with Crippen LogP contribution in [-0.4, -0.2) is 48.1 Å². The SMILES string of the molecule is N#Cc1cccc(C23CCC(N(CCN4CCCC4)C(=O)Nc4ccc(F)c(C(F)(F)F)c4)CC2C3)c1. The third-order valence-corrected chi connectivity index (χ3v) is 8.36. The van der Waals surface area contributed by atoms with Crippen LogP contribution in [0.25, 0.3) is 0 Å². The van der Waals surface area contributed by atoms with Crippen molar-refractivity contribution in [1.29, 1.82) is 5.26 Å². The van der Waals surface area contributed by atoms with Crippen LogP contribution in [0.3, 0.4) is 0 Å². The molecule has 2 amide bonds. The maximum atomic E-state index is 13.8. The molecule has 9 heteroatoms. The Morgan fingerprint density at radius 3 is 2.68 bits per heavy atom. The number of carbonyl (C=O) groups is 1. The molecule has 1 N–H and O–H groups in total. The molecule has 2 saturated carbocycles. The highest BCUT2D eigenvalue weighted by Gasteiger charge is 2.58. The molecule has 0 aromatic heterocycles. The molecule has 1 aliphatic heterocycles. The quantitative estimate of drug-likeness (QED) is 0.470. The van der Waals surface area contributed by atoms with E-state index in [0.29, 0.717) is 30.6 Å². The number of urea groups is 1. The van der Waals surface area contributed by atoms with Gasteiger partial charge in [0.15, 0.2) is 0 Å². The first kappa shape index (κ1) is 25.5. The molecule has 5 nitrogen and oxygen atoms in total. The molecule has 5 rings (SSSR count). The minimum absolute atomic E-state index is 0.0371. The highest BCUT2D eigenvalue weighted by molar-refractivity contribution is 5.89. The fraction of sp³-hybridized carbons (Fsp3) is 0.500. The van der Waals surface area contributed by atoms with Crippen molar-refractivity contribution >= 4 is 11.7 Å². The summed E-state index contributed by atoms with van der Waals surface area (Å²) < 4.78 is 53.3. The van der Waals surface area contributed by atoms with Crippen LogP contribution in [0.5, 0.6) is 0 Å². The first-order valence-electron chi connectivity index (χ1n) is 12.9. The second kappa shape index (κ2) is 9.97. The molecule has 3 atom stereocenters. The molecule has 2 aromatic rings. The summed E-state index contributed by atoms with van der Waals surface area (Å²) in [6.07, 6.45) is 0.878. The van der Waals surface area contributed by atoms with Gasteiger partial charge in [-0.25, -0.2) is 9.18 Å². The molecule has 2 aromatic carbocycles. The highest BCUT2D eigenvalue weighted by Crippen LogP contribution is 2.62. The molecule has 3 fully saturated rings. The smallest absolute Gasteiger partial charge is 0.320 e. The number of halogens is 4. The highest BCUT2D eigenvalue weighted by atomic mass is 19.4. The van der Waals surface area contributed by atoms with Crippen molar-refractivity contribution in [1.82, 2.24) is 9.80 Å². The molecule has 3 aliphatic rings. The number of nitrogens with one attached hydrogen (secondary N) is 1. The largest absolute Gasteiger partial charge is 0.419 e. The fourth-order valence-electron chi connectivity index (χ4n) is 6.27. The first-order valence-corrected chi connectivity index (χ1v) is 12.9. The number of fused-ring (bicyclic) bond motifs is 1. The van der Waals surface area contributed by atoms with Crippen molar-refractivity contribution in [2.75, 3.05) is 31.5 Å². The molecule has 0 radical (unpaired) electrons. The van der Waals surface area contributed by atoms with Crippen molar-refractivity contribution in [3.63, 3.8) is 0 Å². The predicted molar refractivity (Wildman–Crippen MR) is 131 cm³/mol. The Morgan fingerprint density at radius 1 is 1.19 bits per heavy atom. The minimum atomic E-state index is -4.85. The van der Waals surface area contributed by atoms with Crippen molar-refractivity contribution < 1.29 is 22.4 Å². The van der Waals surface area contributed by atoms with E-state index in [1.54, 1.807) is 11.0 Å². The number of nitrogens with zero attached hydrogens (tertiary/aromatic N) is 3. The lowest BCUT2D eigenvalue weighted by atomic mass is 9.80. The number of hydrogen-bond acceptors (Lipinski definition) is 3. The zero-order valence-corrected chi connectivity index (χ0v) is 20.5. The van der Waals surface area contributed by atoms with Gasteiger partial charge in [0, 0.05) is 24.8 Å². The first-order chi connectivity index (χ1) is 17.7. The summed E-state index contributed by atoms with van der Waals surface area (Å²) in [6.45, 7) is 3.15. The van der Waals surface area contributed by atoms with Gasteiger partial charge in [0.1, 0.15) is 5.82 Å². The third kappa shape index (κ3) is 5.30. The van der Waals surface area contributed by atoms with Gasteiger partial charge in [0.05, 0.1) is 17.2 Å². The van der Waals surface area contributed by atoms with Crippen molar-refractivity contribution in [3.8, 4) is 6.07 Å². The molecule has 2 aliphatic carbocycles. The second-order valence-electron chi connectivity index (χ2n) is 10.5. The molecule has 3 unspecified atom stereocenters. The standard InChI is InChI=1S/C28H30F4N4O/c29-25-7-6-22(16-24(25)28(30,31)32)34-26(37)36(13-12-35-10-1-2-11-35)23-8-9-27(17-21(27)15-23)20-5-3-4-19(14-20)18-33/h3-7,14,16,21,23H,1-2,8-13,15,17H2,(H,34,37). The Balaban J connectivity index is 1.31. The Labute approximate surface area is 214 Å². The molecular formula is C28H30F4N4O. The lowest BCUT2D eigenvalue weighted by Crippen LogP contribution is -2.48. The summed E-state index contributed by atoms with van der Waals surface area (Å²) in [6, 6.07) is 12.0. The Hall–Kier alpha value is -3.12. The van der Waals surface area contributed by atoms with E-state index >= 15 is 0 Å². The van der Waals surface area contributed by atoms with E-state index in [1.165, 1.54) is 5.56 Å². The molecule has 1 saturated heterocycles. The average Bonchev–Trinajstić information content (AvgIpc) is 3.39. The Morgan fingerprint density at radius 2 is 1.97 bits per heavy atom. The van der Waals surface area contributed by atoms with E-state index in [1.807, 2.05) is 12.1 Å². The van der Waals surface area contributed by atoms with E-state index in [-0.39, 0.29) is 17.1 Å². The van der Waals surface area contributed by atoms with Crippen LogP contribution in [0.1, 0.15) is 55.2 Å². The molecule has 0 spiro atoms. The van der Waals surface area contributed by atoms with Gasteiger partial charge >= 0.3 is 12.2 Å². The summed E-state index contributed by atoms with van der Waals surface area (Å²) in [5.41, 5.74) is 0.389. The number of rotatable bonds is 6. The van der Waals surface area contributed by atoms with E-state index in [4.69, 9.17) is 0 Å². The summed E-state index contributed by atoms with van der Waals surface area (Å²) in [5.74, 6) is -0.973. The number of nitriles is 1. The third-order valence-electron chi connectivity index (χ3n) is 8.36. The van der Waals surface area contributed by atoms with Crippen molar-refractivity contribution in [2.45, 2.75) is 56.2 Å². The zero-order chi connectivity index (χ0) is 26.2. The van der Waals surface area contributed by atoms with Gasteiger partial charge in [-0.2, -0.15) is 18.4 Å². The topological polar surface area (TPSA) is 59.4 Å². The van der Waals surface area contributed by atoms with Gasteiger partial charge in [-0.3, -0.25) is 0 Å². The van der Waals surface area contributed by atoms with Crippen LogP contribution >= 0.6 is 0 Å². The van der Waals surface area contributed by atoms with Crippen LogP contribution in [0.2, 0.25) is 0 Å². The second-order valence-corrected chi connectivity index (χ2v) is 10.5. The number of hydrogen-bond donors (Lipinski definition) is 1. The van der Waals surface area contributed by atoms with Crippen LogP contribution in [0.4, 0.5) is 28.0 Å². The number of likely N-dealkylation sites (tertiary alicyclic amines) is 1. The van der Waals surface area contributed by atoms with Crippen molar-refractivity contribution in [2.24, 2.45) is 5.92 Å². The summed E-state index contributed by atoms with van der Waals surface area (Å²) in [5, 5.41) is 11.9. The number of anilines is 1. The van der Waals surface area contributed by atoms with Gasteiger partial charge in [0.2, 0.25) is 0 Å². The van der Waals surface area contributed by atoms with Gasteiger partial charge in [-0.15, -0.1) is 0 Å². The van der Waals surface area contributed by atoms with E-state index in [9.17, 15) is 27.6 Å². The molecule has 0 bridgehead atoms. The number of amides is 2. The maximum absolute atomic E-state index is 13.8. The number of alkyl halides is 3. The van der Waals surface area contributed by atoms with E-state index in [2.05, 4.69) is 22.4 Å². The molecule has 196 valence electrons. The lowest BCUT2D eigenvalue weighted by molar-refractivity contribution is -0.139. The van der Waals surface area contributed by atoms with E-state index < -0.39 is 23.6 Å². The summed E-state index contributed by atoms with van der Waals surface area (Å²) in [7, 11) is 0. The lowest BCUT2D eigenvalue weighted by Gasteiger charge is -2.37. The van der Waals surface area contributed by atoms with E-state index in [0.717, 1.165) is 63.7 Å². The van der Waals surface area contributed by atoms with Gasteiger partial charge < -0.3 is 15.1 Å². The summed E-state index contributed by atoms with van der Waals surface area (Å²) >= 11 is 0. The minimum Gasteiger partial charge on any atom is -0.320 e. The molecular weight excluding hydrogens is 484 g/mol. The molecule has 1 heterocycles. The number of carbonyl (C=O) groups excluding carboxylic acids is 1. The number of benzene rings is 2. The average molecular weight is 515 g/mol. The van der Waals surface area contributed by atoms with Crippen LogP contribution in [0, 0.1) is 23.1 Å². The zero-order valence-electron chi connectivity index (χ0n) is 20.5. The monoisotopic (exact) mass is 514 g/mol. The van der Waals surface area contributed by atoms with Gasteiger partial charge in [-0.1, -0.05) is 12.1 Å². The van der Waals surface area contributed by atoms with Gasteiger partial charge in [-0.05, 0) is 98.8 Å². The normalized spacial score (nSPS) is 25.3. The van der Waals surface area contributed by atoms with Crippen molar-refractivity contribution in [3.05, 3.63) is 65.0 Å². The van der Waals surface area contributed by atoms with Crippen LogP contribution in [0.15, 0.2) is 42.5 Å². The van der Waals surface area contributed by atoms with Crippen LogP contribution in [-0.2, 0) is 11.6 Å². The summed E-state index contributed by atoms with van der Waals surface area (Å²) in [4.78, 5) is 17.5. The Bertz CT molecular complexity index is 1200. The fourth-order valence-corrected chi connectivity index (χ4v) is 6.27. The molecule has 37 heavy (non-hydrogen) atoms.